The molecule has 0 spiro atoms. The van der Waals surface area contributed by atoms with Crippen molar-refractivity contribution in [2.45, 2.75) is 119 Å². The van der Waals surface area contributed by atoms with Gasteiger partial charge in [-0.25, -0.2) is 0 Å². The summed E-state index contributed by atoms with van der Waals surface area (Å²) in [4.78, 5) is 30.2. The number of carbonyl (C=O) groups is 2. The number of carbonyl (C=O) groups excluding carboxylic acids is 2. The molecule has 6 rings (SSSR count). The minimum Gasteiger partial charge on any atom is -0.379 e. The van der Waals surface area contributed by atoms with Gasteiger partial charge in [-0.3, -0.25) is 9.59 Å². The van der Waals surface area contributed by atoms with Crippen LogP contribution >= 0.6 is 0 Å². The maximum absolute atomic E-state index is 14.2. The molecule has 3 saturated heterocycles. The summed E-state index contributed by atoms with van der Waals surface area (Å²) in [5.74, 6) is 1.80. The van der Waals surface area contributed by atoms with Gasteiger partial charge >= 0.3 is 0 Å². The first-order valence-corrected chi connectivity index (χ1v) is 16.0. The van der Waals surface area contributed by atoms with Crippen molar-refractivity contribution in [1.29, 1.82) is 0 Å². The van der Waals surface area contributed by atoms with Gasteiger partial charge in [0.05, 0.1) is 42.4 Å². The highest BCUT2D eigenvalue weighted by molar-refractivity contribution is 5.84. The van der Waals surface area contributed by atoms with Gasteiger partial charge in [-0.2, -0.15) is 0 Å². The molecule has 6 fully saturated rings. The van der Waals surface area contributed by atoms with Crippen molar-refractivity contribution >= 4 is 11.8 Å². The number of nitrogens with one attached hydrogen (secondary N) is 2. The maximum atomic E-state index is 14.2. The molecular weight excluding hydrogens is 510 g/mol. The number of ether oxygens (including phenoxy) is 4. The van der Waals surface area contributed by atoms with Gasteiger partial charge < -0.3 is 34.5 Å². The lowest BCUT2D eigenvalue weighted by Gasteiger charge is -2.56. The summed E-state index contributed by atoms with van der Waals surface area (Å²) < 4.78 is 23.1. The second-order valence-electron chi connectivity index (χ2n) is 13.4. The first kappa shape index (κ1) is 28.8. The number of hydrogen-bond acceptors (Lipinski definition) is 7. The smallest absolute Gasteiger partial charge is 0.237 e. The molecule has 9 heteroatoms. The molecule has 0 aromatic rings. The highest BCUT2D eigenvalue weighted by Crippen LogP contribution is 2.55. The van der Waals surface area contributed by atoms with Crippen LogP contribution in [0.4, 0.5) is 0 Å². The minimum atomic E-state index is -0.238. The largest absolute Gasteiger partial charge is 0.379 e. The van der Waals surface area contributed by atoms with Gasteiger partial charge in [-0.1, -0.05) is 12.8 Å². The van der Waals surface area contributed by atoms with Crippen LogP contribution in [0.25, 0.3) is 0 Å². The van der Waals surface area contributed by atoms with E-state index in [1.165, 1.54) is 19.3 Å². The van der Waals surface area contributed by atoms with Crippen molar-refractivity contribution in [3.8, 4) is 0 Å². The SMILES string of the molecule is COC1CCC(CCNC(=O)C2CC3C4CCCCC4N4C(=O)C5C(CCC(OC)C5OC)C(N2)C34)CC1OC. The fourth-order valence-corrected chi connectivity index (χ4v) is 10.1. The number of hydrogen-bond donors (Lipinski definition) is 2. The van der Waals surface area contributed by atoms with E-state index < -0.39 is 0 Å². The Morgan fingerprint density at radius 3 is 2.35 bits per heavy atom. The van der Waals surface area contributed by atoms with E-state index in [0.717, 1.165) is 51.4 Å². The van der Waals surface area contributed by atoms with Crippen LogP contribution < -0.4 is 10.6 Å². The van der Waals surface area contributed by atoms with E-state index in [1.54, 1.807) is 28.4 Å². The van der Waals surface area contributed by atoms with Gasteiger partial charge in [-0.05, 0) is 81.5 Å². The molecule has 0 bridgehead atoms. The van der Waals surface area contributed by atoms with Crippen LogP contribution in [-0.2, 0) is 28.5 Å². The average molecular weight is 562 g/mol. The van der Waals surface area contributed by atoms with Gasteiger partial charge in [-0.15, -0.1) is 0 Å². The topological polar surface area (TPSA) is 98.4 Å². The van der Waals surface area contributed by atoms with Crippen molar-refractivity contribution in [2.24, 2.45) is 29.6 Å². The van der Waals surface area contributed by atoms with Crippen molar-refractivity contribution in [1.82, 2.24) is 15.5 Å². The van der Waals surface area contributed by atoms with Crippen LogP contribution in [0.3, 0.4) is 0 Å². The van der Waals surface area contributed by atoms with Gasteiger partial charge in [0.15, 0.2) is 0 Å². The molecule has 226 valence electrons. The second-order valence-corrected chi connectivity index (χ2v) is 13.4. The first-order chi connectivity index (χ1) is 19.5. The fraction of sp³-hybridized carbons (Fsp3) is 0.935. The van der Waals surface area contributed by atoms with Crippen LogP contribution in [0, 0.1) is 29.6 Å². The van der Waals surface area contributed by atoms with Crippen LogP contribution in [0.1, 0.15) is 70.6 Å². The number of methoxy groups -OCH3 is 4. The minimum absolute atomic E-state index is 0.0633. The molecule has 9 nitrogen and oxygen atoms in total. The normalized spacial score (nSPS) is 46.4. The molecule has 3 aliphatic carbocycles. The molecule has 6 aliphatic rings. The Kier molecular flexibility index (Phi) is 8.76. The number of piperidine rings is 2. The van der Waals surface area contributed by atoms with Crippen LogP contribution in [0.15, 0.2) is 0 Å². The molecule has 0 aromatic heterocycles. The highest BCUT2D eigenvalue weighted by Gasteiger charge is 2.65. The third kappa shape index (κ3) is 4.91. The Hall–Kier alpha value is -1.26. The Labute approximate surface area is 239 Å². The molecule has 2 amide bonds. The van der Waals surface area contributed by atoms with Crippen LogP contribution in [-0.4, -0.2) is 100 Å². The van der Waals surface area contributed by atoms with E-state index in [2.05, 4.69) is 15.5 Å². The third-order valence-corrected chi connectivity index (χ3v) is 11.9. The van der Waals surface area contributed by atoms with E-state index in [-0.39, 0.29) is 66.2 Å². The molecule has 3 saturated carbocycles. The van der Waals surface area contributed by atoms with Gasteiger partial charge in [0.1, 0.15) is 0 Å². The molecule has 13 atom stereocenters. The molecule has 3 heterocycles. The van der Waals surface area contributed by atoms with Gasteiger partial charge in [0, 0.05) is 47.1 Å². The van der Waals surface area contributed by atoms with Crippen LogP contribution in [0.2, 0.25) is 0 Å². The molecular formula is C31H51N3O6. The zero-order valence-corrected chi connectivity index (χ0v) is 24.9. The van der Waals surface area contributed by atoms with Crippen molar-refractivity contribution in [3.05, 3.63) is 0 Å². The zero-order valence-electron chi connectivity index (χ0n) is 24.9. The average Bonchev–Trinajstić information content (AvgIpc) is 3.33. The van der Waals surface area contributed by atoms with Gasteiger partial charge in [0.2, 0.25) is 11.8 Å². The Balaban J connectivity index is 1.16. The first-order valence-electron chi connectivity index (χ1n) is 16.0. The lowest BCUT2D eigenvalue weighted by Crippen LogP contribution is -2.72. The highest BCUT2D eigenvalue weighted by atomic mass is 16.5. The monoisotopic (exact) mass is 561 g/mol. The number of fused-ring (bicyclic) bond motifs is 5. The predicted octanol–water partition coefficient (Wildman–Crippen LogP) is 2.51. The fourth-order valence-electron chi connectivity index (χ4n) is 10.1. The summed E-state index contributed by atoms with van der Waals surface area (Å²) in [6.07, 6.45) is 11.4. The van der Waals surface area contributed by atoms with Crippen molar-refractivity contribution in [2.75, 3.05) is 35.0 Å². The lowest BCUT2D eigenvalue weighted by atomic mass is 9.63. The second kappa shape index (κ2) is 12.2. The van der Waals surface area contributed by atoms with Crippen LogP contribution in [0.5, 0.6) is 0 Å². The zero-order chi connectivity index (χ0) is 28.0. The van der Waals surface area contributed by atoms with E-state index in [4.69, 9.17) is 18.9 Å². The standard InChI is InChI=1S/C31H51N3O6/c1-37-23-11-9-17(15-25(23)39-3)13-14-32-30(35)21-16-20-18-7-5-6-8-22(18)34-28(20)27(33-21)19-10-12-24(38-2)29(40-4)26(19)31(34)36/h17-29,33H,5-16H2,1-4H3,(H,32,35). The van der Waals surface area contributed by atoms with Crippen molar-refractivity contribution < 1.29 is 28.5 Å². The Morgan fingerprint density at radius 2 is 1.60 bits per heavy atom. The summed E-state index contributed by atoms with van der Waals surface area (Å²) in [5, 5.41) is 7.14. The molecule has 0 radical (unpaired) electrons. The van der Waals surface area contributed by atoms with E-state index in [1.807, 2.05) is 0 Å². The van der Waals surface area contributed by atoms with E-state index >= 15 is 0 Å². The lowest BCUT2D eigenvalue weighted by molar-refractivity contribution is -0.175. The predicted molar refractivity (Wildman–Crippen MR) is 150 cm³/mol. The Bertz CT molecular complexity index is 916. The summed E-state index contributed by atoms with van der Waals surface area (Å²) in [6, 6.07) is 0.425. The summed E-state index contributed by atoms with van der Waals surface area (Å²) in [6.45, 7) is 0.693. The number of amides is 2. The van der Waals surface area contributed by atoms with E-state index in [9.17, 15) is 9.59 Å². The molecule has 0 aromatic carbocycles. The number of rotatable bonds is 8. The van der Waals surface area contributed by atoms with Gasteiger partial charge in [0.25, 0.3) is 0 Å². The van der Waals surface area contributed by atoms with E-state index in [0.29, 0.717) is 30.3 Å². The maximum Gasteiger partial charge on any atom is 0.237 e. The molecule has 2 N–H and O–H groups in total. The molecule has 13 unspecified atom stereocenters. The van der Waals surface area contributed by atoms with Crippen molar-refractivity contribution in [3.63, 3.8) is 0 Å². The third-order valence-electron chi connectivity index (χ3n) is 11.9. The number of nitrogens with zero attached hydrogens (tertiary/aromatic N) is 1. The molecule has 3 aliphatic heterocycles. The Morgan fingerprint density at radius 1 is 0.850 bits per heavy atom. The summed E-state index contributed by atoms with van der Waals surface area (Å²) >= 11 is 0. The summed E-state index contributed by atoms with van der Waals surface area (Å²) in [5.41, 5.74) is 0. The quantitative estimate of drug-likeness (QED) is 0.470. The summed E-state index contributed by atoms with van der Waals surface area (Å²) in [7, 11) is 6.98. The molecule has 40 heavy (non-hydrogen) atoms.